The molecule has 0 saturated carbocycles. The van der Waals surface area contributed by atoms with E-state index < -0.39 is 6.23 Å². The van der Waals surface area contributed by atoms with Crippen LogP contribution >= 0.6 is 0 Å². The topological polar surface area (TPSA) is 56.8 Å². The molecule has 5 heteroatoms. The summed E-state index contributed by atoms with van der Waals surface area (Å²) >= 11 is 0. The maximum Gasteiger partial charge on any atom is 0.119 e. The molecule has 0 aliphatic carbocycles. The summed E-state index contributed by atoms with van der Waals surface area (Å²) < 4.78 is 5.45. The highest BCUT2D eigenvalue weighted by Gasteiger charge is 2.15. The van der Waals surface area contributed by atoms with E-state index in [1.165, 1.54) is 22.3 Å². The predicted octanol–water partition coefficient (Wildman–Crippen LogP) is 4.61. The number of hydrogen-bond donors (Lipinski definition) is 3. The van der Waals surface area contributed by atoms with Gasteiger partial charge in [-0.2, -0.15) is 0 Å². The molecule has 2 aromatic carbocycles. The molecule has 0 aromatic heterocycles. The first-order chi connectivity index (χ1) is 16.4. The zero-order chi connectivity index (χ0) is 24.3. The number of hydrogen-bond acceptors (Lipinski definition) is 5. The first-order valence-electron chi connectivity index (χ1n) is 13.0. The summed E-state index contributed by atoms with van der Waals surface area (Å²) in [5, 5.41) is 17.7. The van der Waals surface area contributed by atoms with Gasteiger partial charge in [0.15, 0.2) is 0 Å². The van der Waals surface area contributed by atoms with Gasteiger partial charge in [0, 0.05) is 45.4 Å². The molecule has 1 saturated heterocycles. The van der Waals surface area contributed by atoms with Crippen LogP contribution in [0.15, 0.2) is 48.5 Å². The van der Waals surface area contributed by atoms with E-state index in [2.05, 4.69) is 79.9 Å². The molecule has 2 atom stereocenters. The smallest absolute Gasteiger partial charge is 0.119 e. The van der Waals surface area contributed by atoms with Crippen LogP contribution in [0.3, 0.4) is 0 Å². The summed E-state index contributed by atoms with van der Waals surface area (Å²) in [5.41, 5.74) is 5.34. The van der Waals surface area contributed by atoms with Crippen molar-refractivity contribution in [1.82, 2.24) is 15.5 Å². The van der Waals surface area contributed by atoms with Gasteiger partial charge in [-0.05, 0) is 60.4 Å². The highest BCUT2D eigenvalue weighted by molar-refractivity contribution is 5.26. The molecule has 1 fully saturated rings. The lowest BCUT2D eigenvalue weighted by Gasteiger charge is -2.25. The standard InChI is InChI=1S/C29H45N3O2/c1-22(2)26-9-5-7-24(17-26)19-30-21-29(33)32(4)14-11-23(3)27-10-6-8-25(18-27)20-31-28-12-15-34-16-13-28/h5-10,17-18,22-23,28-31,33H,11-16,19-21H2,1-4H3. The Labute approximate surface area is 206 Å². The molecular formula is C29H45N3O2. The van der Waals surface area contributed by atoms with E-state index >= 15 is 0 Å². The van der Waals surface area contributed by atoms with Crippen molar-refractivity contribution in [2.24, 2.45) is 0 Å². The highest BCUT2D eigenvalue weighted by Crippen LogP contribution is 2.21. The fraction of sp³-hybridized carbons (Fsp3) is 0.586. The summed E-state index contributed by atoms with van der Waals surface area (Å²) in [6, 6.07) is 18.2. The zero-order valence-electron chi connectivity index (χ0n) is 21.6. The van der Waals surface area contributed by atoms with Crippen molar-refractivity contribution in [3.05, 3.63) is 70.8 Å². The largest absolute Gasteiger partial charge is 0.381 e. The van der Waals surface area contributed by atoms with Crippen molar-refractivity contribution in [2.75, 3.05) is 33.4 Å². The van der Waals surface area contributed by atoms with Gasteiger partial charge in [-0.3, -0.25) is 4.90 Å². The SMILES string of the molecule is CC(C)c1cccc(CNCC(O)N(C)CCC(C)c2cccc(CNC3CCOCC3)c2)c1. The van der Waals surface area contributed by atoms with Gasteiger partial charge < -0.3 is 20.5 Å². The van der Waals surface area contributed by atoms with Crippen LogP contribution in [0.2, 0.25) is 0 Å². The second kappa shape index (κ2) is 14.0. The minimum Gasteiger partial charge on any atom is -0.381 e. The Bertz CT molecular complexity index is 851. The van der Waals surface area contributed by atoms with Crippen LogP contribution in [0, 0.1) is 0 Å². The lowest BCUT2D eigenvalue weighted by Crippen LogP contribution is -2.40. The molecule has 1 heterocycles. The van der Waals surface area contributed by atoms with Gasteiger partial charge in [-0.25, -0.2) is 0 Å². The summed E-state index contributed by atoms with van der Waals surface area (Å²) in [5.74, 6) is 0.979. The lowest BCUT2D eigenvalue weighted by atomic mass is 9.95. The number of aliphatic hydroxyl groups excluding tert-OH is 1. The molecule has 2 unspecified atom stereocenters. The summed E-state index contributed by atoms with van der Waals surface area (Å²) in [6.07, 6.45) is 2.73. The zero-order valence-corrected chi connectivity index (χ0v) is 21.6. The maximum absolute atomic E-state index is 10.6. The molecule has 0 spiro atoms. The number of nitrogens with one attached hydrogen (secondary N) is 2. The van der Waals surface area contributed by atoms with E-state index in [9.17, 15) is 5.11 Å². The van der Waals surface area contributed by atoms with Gasteiger partial charge >= 0.3 is 0 Å². The molecule has 34 heavy (non-hydrogen) atoms. The third-order valence-corrected chi connectivity index (χ3v) is 7.03. The maximum atomic E-state index is 10.6. The first-order valence-corrected chi connectivity index (χ1v) is 13.0. The molecule has 5 nitrogen and oxygen atoms in total. The van der Waals surface area contributed by atoms with Crippen LogP contribution in [0.5, 0.6) is 0 Å². The quantitative estimate of drug-likeness (QED) is 0.376. The molecule has 1 aliphatic rings. The molecule has 3 rings (SSSR count). The molecule has 0 bridgehead atoms. The van der Waals surface area contributed by atoms with Crippen LogP contribution in [0.4, 0.5) is 0 Å². The molecule has 0 amide bonds. The van der Waals surface area contributed by atoms with Gasteiger partial charge in [0.05, 0.1) is 0 Å². The van der Waals surface area contributed by atoms with Gasteiger partial charge in [-0.15, -0.1) is 0 Å². The van der Waals surface area contributed by atoms with E-state index in [0.29, 0.717) is 24.4 Å². The summed E-state index contributed by atoms with van der Waals surface area (Å²) in [6.45, 7) is 11.6. The average Bonchev–Trinajstić information content (AvgIpc) is 2.86. The first kappa shape index (κ1) is 26.8. The predicted molar refractivity (Wildman–Crippen MR) is 141 cm³/mol. The van der Waals surface area contributed by atoms with Crippen molar-refractivity contribution in [3.8, 4) is 0 Å². The Kier molecular flexibility index (Phi) is 11.0. The normalized spacial score (nSPS) is 16.8. The number of rotatable bonds is 13. The minimum absolute atomic E-state index is 0.449. The van der Waals surface area contributed by atoms with Crippen molar-refractivity contribution < 1.29 is 9.84 Å². The molecule has 2 aromatic rings. The highest BCUT2D eigenvalue weighted by atomic mass is 16.5. The van der Waals surface area contributed by atoms with Gasteiger partial charge in [0.1, 0.15) is 6.23 Å². The van der Waals surface area contributed by atoms with Crippen LogP contribution in [0.1, 0.15) is 74.1 Å². The Morgan fingerprint density at radius 3 is 2.32 bits per heavy atom. The average molecular weight is 468 g/mol. The van der Waals surface area contributed by atoms with Gasteiger partial charge in [0.25, 0.3) is 0 Å². The number of likely N-dealkylation sites (N-methyl/N-ethyl adjacent to an activating group) is 1. The number of ether oxygens (including phenoxy) is 1. The second-order valence-corrected chi connectivity index (χ2v) is 10.2. The van der Waals surface area contributed by atoms with Gasteiger partial charge in [-0.1, -0.05) is 69.3 Å². The number of aliphatic hydroxyl groups is 1. The molecular weight excluding hydrogens is 422 g/mol. The fourth-order valence-electron chi connectivity index (χ4n) is 4.45. The van der Waals surface area contributed by atoms with Crippen LogP contribution in [0.25, 0.3) is 0 Å². The Morgan fingerprint density at radius 1 is 0.971 bits per heavy atom. The van der Waals surface area contributed by atoms with Crippen molar-refractivity contribution in [1.29, 1.82) is 0 Å². The van der Waals surface area contributed by atoms with Crippen molar-refractivity contribution >= 4 is 0 Å². The van der Waals surface area contributed by atoms with Crippen molar-refractivity contribution in [3.63, 3.8) is 0 Å². The molecule has 188 valence electrons. The number of benzene rings is 2. The molecule has 3 N–H and O–H groups in total. The van der Waals surface area contributed by atoms with E-state index in [1.807, 2.05) is 11.9 Å². The van der Waals surface area contributed by atoms with Crippen LogP contribution < -0.4 is 10.6 Å². The van der Waals surface area contributed by atoms with E-state index in [-0.39, 0.29) is 0 Å². The minimum atomic E-state index is -0.490. The van der Waals surface area contributed by atoms with Crippen LogP contribution in [-0.2, 0) is 17.8 Å². The Hall–Kier alpha value is -1.76. The lowest BCUT2D eigenvalue weighted by molar-refractivity contribution is 0.0214. The number of nitrogens with zero attached hydrogens (tertiary/aromatic N) is 1. The molecule has 1 aliphatic heterocycles. The Morgan fingerprint density at radius 2 is 1.62 bits per heavy atom. The second-order valence-electron chi connectivity index (χ2n) is 10.2. The summed E-state index contributed by atoms with van der Waals surface area (Å²) in [4.78, 5) is 2.05. The Balaban J connectivity index is 1.38. The van der Waals surface area contributed by atoms with E-state index in [4.69, 9.17) is 4.74 Å². The molecule has 0 radical (unpaired) electrons. The summed E-state index contributed by atoms with van der Waals surface area (Å²) in [7, 11) is 2.01. The van der Waals surface area contributed by atoms with Crippen LogP contribution in [-0.4, -0.2) is 55.6 Å². The van der Waals surface area contributed by atoms with E-state index in [0.717, 1.165) is 52.1 Å². The fourth-order valence-corrected chi connectivity index (χ4v) is 4.45. The third-order valence-electron chi connectivity index (χ3n) is 7.03. The van der Waals surface area contributed by atoms with E-state index in [1.54, 1.807) is 0 Å². The van der Waals surface area contributed by atoms with Gasteiger partial charge in [0.2, 0.25) is 0 Å². The third kappa shape index (κ3) is 8.79. The van der Waals surface area contributed by atoms with Crippen molar-refractivity contribution in [2.45, 2.75) is 77.2 Å². The monoisotopic (exact) mass is 467 g/mol.